The van der Waals surface area contributed by atoms with E-state index in [-0.39, 0.29) is 28.8 Å². The number of furan rings is 1. The van der Waals surface area contributed by atoms with Crippen LogP contribution in [0.15, 0.2) is 46.6 Å². The fourth-order valence-electron chi connectivity index (χ4n) is 3.54. The zero-order valence-electron chi connectivity index (χ0n) is 27.3. The first-order valence-corrected chi connectivity index (χ1v) is 14.8. The molecule has 1 atom stereocenters. The number of aryl methyl sites for hydroxylation is 1. The van der Waals surface area contributed by atoms with E-state index < -0.39 is 11.7 Å². The van der Waals surface area contributed by atoms with Gasteiger partial charge in [-0.3, -0.25) is 0 Å². The number of carbonyl (C=O) groups excluding carboxylic acids is 1. The SMILES string of the molecule is CC#Cc1ccc(OC(C)C(C)(C)CCCC)cc1C(F)(F)F.CC=C1CC1.CCC.CCc1occc1C(=O)OC. The minimum absolute atomic E-state index is 0.0229. The first-order valence-electron chi connectivity index (χ1n) is 14.8. The van der Waals surface area contributed by atoms with E-state index in [1.54, 1.807) is 17.7 Å². The Bertz CT molecular complexity index is 1140. The van der Waals surface area contributed by atoms with Crippen molar-refractivity contribution in [3.8, 4) is 17.6 Å². The monoisotopic (exact) mass is 592 g/mol. The molecular formula is C35H51F3O4. The van der Waals surface area contributed by atoms with Crippen molar-refractivity contribution in [3.05, 3.63) is 64.6 Å². The number of ether oxygens (including phenoxy) is 2. The lowest BCUT2D eigenvalue weighted by atomic mass is 9.82. The third-order valence-corrected chi connectivity index (χ3v) is 6.56. The summed E-state index contributed by atoms with van der Waals surface area (Å²) >= 11 is 0. The molecule has 1 saturated carbocycles. The van der Waals surface area contributed by atoms with E-state index >= 15 is 0 Å². The number of unbranched alkanes of at least 4 members (excludes halogenated alkanes) is 1. The molecule has 0 saturated heterocycles. The fourth-order valence-corrected chi connectivity index (χ4v) is 3.54. The van der Waals surface area contributed by atoms with Gasteiger partial charge >= 0.3 is 12.1 Å². The van der Waals surface area contributed by atoms with Gasteiger partial charge in [0.25, 0.3) is 0 Å². The second-order valence-electron chi connectivity index (χ2n) is 10.7. The standard InChI is InChI=1S/C19H25F3O.C8H10O3.C5H8.C3H8/c1-6-8-12-18(4,5)14(3)23-16-11-10-15(9-7-2)17(13-16)19(20,21)22;1-3-7-6(4-5-11-7)8(9)10-2;1-2-5-3-4-5;1-3-2/h10-11,13-14H,6,8,12H2,1-5H3;4-5H,3H2,1-2H3;2H,3-4H2,1H3;3H2,1-2H3. The van der Waals surface area contributed by atoms with Crippen LogP contribution in [0.5, 0.6) is 5.75 Å². The zero-order valence-corrected chi connectivity index (χ0v) is 27.3. The van der Waals surface area contributed by atoms with Gasteiger partial charge in [-0.1, -0.05) is 78.4 Å². The second-order valence-corrected chi connectivity index (χ2v) is 10.7. The maximum atomic E-state index is 13.2. The molecule has 3 rings (SSSR count). The summed E-state index contributed by atoms with van der Waals surface area (Å²) in [5.41, 5.74) is 1.28. The Morgan fingerprint density at radius 1 is 1.12 bits per heavy atom. The predicted octanol–water partition coefficient (Wildman–Crippen LogP) is 10.8. The highest BCUT2D eigenvalue weighted by Crippen LogP contribution is 2.36. The molecule has 42 heavy (non-hydrogen) atoms. The molecule has 1 heterocycles. The number of methoxy groups -OCH3 is 1. The van der Waals surface area contributed by atoms with Crippen molar-refractivity contribution >= 4 is 5.97 Å². The van der Waals surface area contributed by atoms with Gasteiger partial charge in [-0.2, -0.15) is 13.2 Å². The third kappa shape index (κ3) is 14.7. The van der Waals surface area contributed by atoms with Crippen molar-refractivity contribution in [2.45, 2.75) is 120 Å². The molecule has 0 bridgehead atoms. The molecule has 0 N–H and O–H groups in total. The normalized spacial score (nSPS) is 12.5. The van der Waals surface area contributed by atoms with E-state index in [9.17, 15) is 18.0 Å². The highest BCUT2D eigenvalue weighted by Gasteiger charge is 2.34. The van der Waals surface area contributed by atoms with Crippen molar-refractivity contribution in [1.29, 1.82) is 0 Å². The minimum atomic E-state index is -4.44. The summed E-state index contributed by atoms with van der Waals surface area (Å²) in [4.78, 5) is 11.0. The van der Waals surface area contributed by atoms with Crippen LogP contribution in [0.3, 0.4) is 0 Å². The summed E-state index contributed by atoms with van der Waals surface area (Å²) in [5.74, 6) is 5.58. The van der Waals surface area contributed by atoms with Crippen molar-refractivity contribution in [2.75, 3.05) is 7.11 Å². The topological polar surface area (TPSA) is 48.7 Å². The molecule has 1 fully saturated rings. The van der Waals surface area contributed by atoms with Gasteiger partial charge < -0.3 is 13.9 Å². The van der Waals surface area contributed by atoms with Crippen LogP contribution >= 0.6 is 0 Å². The highest BCUT2D eigenvalue weighted by molar-refractivity contribution is 5.90. The third-order valence-electron chi connectivity index (χ3n) is 6.56. The summed E-state index contributed by atoms with van der Waals surface area (Å²) in [6, 6.07) is 5.60. The number of carbonyl (C=O) groups is 1. The summed E-state index contributed by atoms with van der Waals surface area (Å²) in [5, 5.41) is 0. The van der Waals surface area contributed by atoms with Gasteiger partial charge in [-0.15, -0.1) is 5.92 Å². The van der Waals surface area contributed by atoms with E-state index in [4.69, 9.17) is 9.15 Å². The van der Waals surface area contributed by atoms with E-state index in [0.717, 1.165) is 25.3 Å². The van der Waals surface area contributed by atoms with Gasteiger partial charge in [-0.05, 0) is 64.3 Å². The molecule has 4 nitrogen and oxygen atoms in total. The van der Waals surface area contributed by atoms with Crippen LogP contribution < -0.4 is 4.74 Å². The summed E-state index contributed by atoms with van der Waals surface area (Å²) in [6.45, 7) is 18.0. The first-order chi connectivity index (χ1) is 19.8. The van der Waals surface area contributed by atoms with Gasteiger partial charge in [-0.25, -0.2) is 4.79 Å². The Hall–Kier alpha value is -3.14. The summed E-state index contributed by atoms with van der Waals surface area (Å²) in [7, 11) is 1.36. The number of hydrogen-bond acceptors (Lipinski definition) is 4. The van der Waals surface area contributed by atoms with Crippen LogP contribution in [0.2, 0.25) is 0 Å². The van der Waals surface area contributed by atoms with Crippen LogP contribution in [0.4, 0.5) is 13.2 Å². The fraction of sp³-hybridized carbons (Fsp3) is 0.571. The number of esters is 1. The Morgan fingerprint density at radius 3 is 2.17 bits per heavy atom. The molecule has 236 valence electrons. The van der Waals surface area contributed by atoms with Crippen molar-refractivity contribution in [1.82, 2.24) is 0 Å². The van der Waals surface area contributed by atoms with Gasteiger partial charge in [0.15, 0.2) is 0 Å². The number of benzene rings is 1. The maximum absolute atomic E-state index is 13.2. The van der Waals surface area contributed by atoms with Crippen molar-refractivity contribution < 1.29 is 31.9 Å². The van der Waals surface area contributed by atoms with E-state index in [2.05, 4.69) is 64.2 Å². The van der Waals surface area contributed by atoms with E-state index in [1.165, 1.54) is 45.6 Å². The molecule has 7 heteroatoms. The Morgan fingerprint density at radius 2 is 1.74 bits per heavy atom. The van der Waals surface area contributed by atoms with Crippen molar-refractivity contribution in [2.24, 2.45) is 5.41 Å². The van der Waals surface area contributed by atoms with Crippen LogP contribution in [0, 0.1) is 17.3 Å². The van der Waals surface area contributed by atoms with Gasteiger partial charge in [0.05, 0.1) is 18.9 Å². The molecule has 1 aliphatic carbocycles. The number of hydrogen-bond donors (Lipinski definition) is 0. The predicted molar refractivity (Wildman–Crippen MR) is 166 cm³/mol. The number of rotatable bonds is 8. The molecule has 0 spiro atoms. The molecule has 1 aromatic heterocycles. The largest absolute Gasteiger partial charge is 0.490 e. The quantitative estimate of drug-likeness (QED) is 0.174. The lowest BCUT2D eigenvalue weighted by Gasteiger charge is -2.32. The van der Waals surface area contributed by atoms with Gasteiger partial charge in [0.1, 0.15) is 23.2 Å². The first kappa shape index (κ1) is 38.9. The van der Waals surface area contributed by atoms with Crippen LogP contribution in [0.25, 0.3) is 0 Å². The molecule has 1 aromatic carbocycles. The van der Waals surface area contributed by atoms with E-state index in [0.29, 0.717) is 17.7 Å². The molecule has 2 aromatic rings. The average Bonchev–Trinajstić information content (AvgIpc) is 3.68. The second kappa shape index (κ2) is 19.9. The molecule has 1 unspecified atom stereocenters. The Kier molecular flexibility index (Phi) is 18.4. The zero-order chi connectivity index (χ0) is 32.3. The van der Waals surface area contributed by atoms with Crippen LogP contribution in [-0.4, -0.2) is 19.2 Å². The van der Waals surface area contributed by atoms with Crippen LogP contribution in [0.1, 0.15) is 128 Å². The van der Waals surface area contributed by atoms with Crippen molar-refractivity contribution in [3.63, 3.8) is 0 Å². The van der Waals surface area contributed by atoms with E-state index in [1.807, 2.05) is 13.8 Å². The lowest BCUT2D eigenvalue weighted by Crippen LogP contribution is -2.32. The smallest absolute Gasteiger partial charge is 0.417 e. The maximum Gasteiger partial charge on any atom is 0.417 e. The summed E-state index contributed by atoms with van der Waals surface area (Å²) in [6.07, 6.45) is 6.88. The number of alkyl halides is 3. The Labute approximate surface area is 252 Å². The molecule has 0 radical (unpaired) electrons. The Balaban J connectivity index is 0.000000718. The molecule has 1 aliphatic rings. The average molecular weight is 593 g/mol. The van der Waals surface area contributed by atoms with Crippen LogP contribution in [-0.2, 0) is 17.3 Å². The minimum Gasteiger partial charge on any atom is -0.490 e. The highest BCUT2D eigenvalue weighted by atomic mass is 19.4. The molecule has 0 aliphatic heterocycles. The number of allylic oxidation sites excluding steroid dienone is 2. The molecular weight excluding hydrogens is 541 g/mol. The van der Waals surface area contributed by atoms with Gasteiger partial charge in [0.2, 0.25) is 0 Å². The molecule has 0 amide bonds. The van der Waals surface area contributed by atoms with Gasteiger partial charge in [0, 0.05) is 17.4 Å². The number of halogens is 3. The lowest BCUT2D eigenvalue weighted by molar-refractivity contribution is -0.137. The summed E-state index contributed by atoms with van der Waals surface area (Å²) < 4.78 is 54.9.